The van der Waals surface area contributed by atoms with Gasteiger partial charge in [-0.25, -0.2) is 4.39 Å². The van der Waals surface area contributed by atoms with E-state index in [1.807, 2.05) is 0 Å². The van der Waals surface area contributed by atoms with Crippen molar-refractivity contribution in [2.45, 2.75) is 0 Å². The molecule has 1 aromatic rings. The molecule has 0 aromatic heterocycles. The molecular formula is C9H8BrFN2O. The first kappa shape index (κ1) is 10.7. The highest BCUT2D eigenvalue weighted by molar-refractivity contribution is 9.10. The normalized spacial score (nSPS) is 9.57. The van der Waals surface area contributed by atoms with Crippen LogP contribution in [0.5, 0.6) is 0 Å². The molecule has 0 bridgehead atoms. The Bertz CT molecular complexity index is 393. The summed E-state index contributed by atoms with van der Waals surface area (Å²) in [4.78, 5) is 11.0. The van der Waals surface area contributed by atoms with Crippen LogP contribution in [0.15, 0.2) is 29.4 Å². The number of halogens is 2. The average molecular weight is 259 g/mol. The van der Waals surface area contributed by atoms with Crippen molar-refractivity contribution in [2.24, 2.45) is 5.73 Å². The topological polar surface area (TPSA) is 55.1 Å². The zero-order valence-electron chi connectivity index (χ0n) is 7.18. The lowest BCUT2D eigenvalue weighted by Gasteiger charge is -2.08. The molecule has 0 saturated carbocycles. The van der Waals surface area contributed by atoms with E-state index in [-0.39, 0.29) is 11.3 Å². The van der Waals surface area contributed by atoms with E-state index in [1.165, 1.54) is 18.3 Å². The average Bonchev–Trinajstić information content (AvgIpc) is 2.09. The number of nitrogens with one attached hydrogen (secondary N) is 1. The molecule has 0 aliphatic rings. The first-order valence-corrected chi connectivity index (χ1v) is 4.52. The molecule has 74 valence electrons. The summed E-state index contributed by atoms with van der Waals surface area (Å²) in [6.07, 6.45) is 1.28. The minimum atomic E-state index is -0.699. The second-order valence-corrected chi connectivity index (χ2v) is 3.44. The summed E-state index contributed by atoms with van der Waals surface area (Å²) in [5, 5.41) is 2.52. The maximum absolute atomic E-state index is 13.3. The van der Waals surface area contributed by atoms with Gasteiger partial charge in [-0.3, -0.25) is 4.79 Å². The van der Waals surface area contributed by atoms with Gasteiger partial charge in [0.2, 0.25) is 0 Å². The van der Waals surface area contributed by atoms with Crippen LogP contribution in [0.3, 0.4) is 0 Å². The van der Waals surface area contributed by atoms with E-state index in [0.717, 1.165) is 0 Å². The van der Waals surface area contributed by atoms with E-state index in [2.05, 4.69) is 27.8 Å². The van der Waals surface area contributed by atoms with Crippen LogP contribution in [-0.4, -0.2) is 5.91 Å². The van der Waals surface area contributed by atoms with Gasteiger partial charge in [0.1, 0.15) is 5.82 Å². The Morgan fingerprint density at radius 1 is 1.64 bits per heavy atom. The van der Waals surface area contributed by atoms with Gasteiger partial charge in [-0.2, -0.15) is 0 Å². The second-order valence-electron chi connectivity index (χ2n) is 2.52. The van der Waals surface area contributed by atoms with Gasteiger partial charge in [0, 0.05) is 4.47 Å². The van der Waals surface area contributed by atoms with E-state index in [4.69, 9.17) is 5.73 Å². The number of benzene rings is 1. The smallest absolute Gasteiger partial charge is 0.250 e. The predicted octanol–water partition coefficient (Wildman–Crippen LogP) is 2.24. The van der Waals surface area contributed by atoms with Crippen LogP contribution in [0, 0.1) is 5.82 Å². The summed E-state index contributed by atoms with van der Waals surface area (Å²) in [7, 11) is 0. The Labute approximate surface area is 88.9 Å². The maximum Gasteiger partial charge on any atom is 0.250 e. The van der Waals surface area contributed by atoms with Crippen LogP contribution >= 0.6 is 15.9 Å². The number of carbonyl (C=O) groups is 1. The molecule has 3 nitrogen and oxygen atoms in total. The Morgan fingerprint density at radius 3 is 2.79 bits per heavy atom. The van der Waals surface area contributed by atoms with Crippen LogP contribution in [0.2, 0.25) is 0 Å². The number of hydrogen-bond donors (Lipinski definition) is 2. The number of primary amides is 1. The van der Waals surface area contributed by atoms with E-state index in [1.54, 1.807) is 0 Å². The van der Waals surface area contributed by atoms with Crippen molar-refractivity contribution in [3.63, 3.8) is 0 Å². The van der Waals surface area contributed by atoms with Gasteiger partial charge in [0.05, 0.1) is 11.3 Å². The molecule has 0 aliphatic heterocycles. The van der Waals surface area contributed by atoms with Crippen LogP contribution in [0.4, 0.5) is 10.1 Å². The van der Waals surface area contributed by atoms with Crippen molar-refractivity contribution in [3.8, 4) is 0 Å². The maximum atomic E-state index is 13.3. The molecule has 0 aliphatic carbocycles. The summed E-state index contributed by atoms with van der Waals surface area (Å²) in [5.41, 5.74) is 5.20. The molecule has 0 atom stereocenters. The molecule has 0 unspecified atom stereocenters. The molecule has 14 heavy (non-hydrogen) atoms. The van der Waals surface area contributed by atoms with Crippen molar-refractivity contribution in [1.82, 2.24) is 0 Å². The molecule has 1 rings (SSSR count). The second kappa shape index (κ2) is 4.23. The van der Waals surface area contributed by atoms with E-state index >= 15 is 0 Å². The van der Waals surface area contributed by atoms with Crippen molar-refractivity contribution < 1.29 is 9.18 Å². The molecule has 3 N–H and O–H groups in total. The number of anilines is 1. The van der Waals surface area contributed by atoms with Crippen molar-refractivity contribution in [2.75, 3.05) is 5.32 Å². The number of carbonyl (C=O) groups excluding carboxylic acids is 1. The number of rotatable bonds is 3. The van der Waals surface area contributed by atoms with Gasteiger partial charge >= 0.3 is 0 Å². The van der Waals surface area contributed by atoms with Crippen LogP contribution < -0.4 is 11.1 Å². The lowest BCUT2D eigenvalue weighted by molar-refractivity contribution is 0.100. The molecule has 0 spiro atoms. The number of nitrogens with two attached hydrogens (primary N) is 1. The number of hydrogen-bond acceptors (Lipinski definition) is 2. The summed E-state index contributed by atoms with van der Waals surface area (Å²) in [6, 6.07) is 2.68. The summed E-state index contributed by atoms with van der Waals surface area (Å²) in [5.74, 6) is -1.26. The van der Waals surface area contributed by atoms with Crippen LogP contribution in [0.1, 0.15) is 10.4 Å². The lowest BCUT2D eigenvalue weighted by Crippen LogP contribution is -2.14. The van der Waals surface area contributed by atoms with Crippen molar-refractivity contribution in [1.29, 1.82) is 0 Å². The minimum absolute atomic E-state index is 0.0377. The molecular weight excluding hydrogens is 251 g/mol. The monoisotopic (exact) mass is 258 g/mol. The summed E-state index contributed by atoms with van der Waals surface area (Å²) < 4.78 is 13.8. The highest BCUT2D eigenvalue weighted by Gasteiger charge is 2.13. The summed E-state index contributed by atoms with van der Waals surface area (Å²) >= 11 is 3.07. The third-order valence-electron chi connectivity index (χ3n) is 1.57. The summed E-state index contributed by atoms with van der Waals surface area (Å²) in [6.45, 7) is 3.38. The van der Waals surface area contributed by atoms with Gasteiger partial charge in [-0.05, 0) is 18.3 Å². The van der Waals surface area contributed by atoms with E-state index in [9.17, 15) is 9.18 Å². The van der Waals surface area contributed by atoms with Gasteiger partial charge < -0.3 is 11.1 Å². The first-order chi connectivity index (χ1) is 6.56. The largest absolute Gasteiger partial charge is 0.366 e. The fourth-order valence-electron chi connectivity index (χ4n) is 1.02. The Balaban J connectivity index is 3.35. The zero-order valence-corrected chi connectivity index (χ0v) is 8.77. The molecule has 1 amide bonds. The minimum Gasteiger partial charge on any atom is -0.366 e. The molecule has 0 heterocycles. The van der Waals surface area contributed by atoms with E-state index < -0.39 is 11.7 Å². The zero-order chi connectivity index (χ0) is 10.7. The number of amides is 1. The SMILES string of the molecule is C=CNc1c(F)cc(Br)cc1C(N)=O. The molecule has 0 fully saturated rings. The quantitative estimate of drug-likeness (QED) is 0.874. The highest BCUT2D eigenvalue weighted by atomic mass is 79.9. The molecule has 5 heteroatoms. The third-order valence-corrected chi connectivity index (χ3v) is 2.02. The van der Waals surface area contributed by atoms with Gasteiger partial charge in [0.15, 0.2) is 0 Å². The fourth-order valence-corrected chi connectivity index (χ4v) is 1.45. The van der Waals surface area contributed by atoms with Gasteiger partial charge in [-0.15, -0.1) is 0 Å². The Kier molecular flexibility index (Phi) is 3.24. The van der Waals surface area contributed by atoms with Crippen molar-refractivity contribution >= 4 is 27.5 Å². The van der Waals surface area contributed by atoms with Gasteiger partial charge in [-0.1, -0.05) is 22.5 Å². The van der Waals surface area contributed by atoms with Crippen LogP contribution in [-0.2, 0) is 0 Å². The Hall–Kier alpha value is -1.36. The highest BCUT2D eigenvalue weighted by Crippen LogP contribution is 2.24. The molecule has 1 aromatic carbocycles. The van der Waals surface area contributed by atoms with Crippen LogP contribution in [0.25, 0.3) is 0 Å². The third kappa shape index (κ3) is 2.11. The molecule has 0 radical (unpaired) electrons. The van der Waals surface area contributed by atoms with E-state index in [0.29, 0.717) is 4.47 Å². The first-order valence-electron chi connectivity index (χ1n) is 3.72. The van der Waals surface area contributed by atoms with Gasteiger partial charge in [0.25, 0.3) is 5.91 Å². The lowest BCUT2D eigenvalue weighted by atomic mass is 10.1. The standard InChI is InChI=1S/C9H8BrFN2O/c1-2-13-8-6(9(12)14)3-5(10)4-7(8)11/h2-4,13H,1H2,(H2,12,14). The predicted molar refractivity (Wildman–Crippen MR) is 56.4 cm³/mol. The van der Waals surface area contributed by atoms with Crippen molar-refractivity contribution in [3.05, 3.63) is 40.8 Å². The fraction of sp³-hybridized carbons (Fsp3) is 0. The molecule has 0 saturated heterocycles. The Morgan fingerprint density at radius 2 is 2.29 bits per heavy atom.